The number of nitriles is 2. The van der Waals surface area contributed by atoms with Crippen LogP contribution in [0.1, 0.15) is 28.3 Å². The van der Waals surface area contributed by atoms with Crippen molar-refractivity contribution >= 4 is 58.1 Å². The molecule has 0 fully saturated rings. The van der Waals surface area contributed by atoms with E-state index in [9.17, 15) is 5.26 Å². The van der Waals surface area contributed by atoms with Gasteiger partial charge in [-0.2, -0.15) is 10.5 Å². The van der Waals surface area contributed by atoms with Crippen molar-refractivity contribution in [2.75, 3.05) is 16.8 Å². The van der Waals surface area contributed by atoms with E-state index >= 15 is 0 Å². The Morgan fingerprint density at radius 3 is 2.53 bits per heavy atom. The molecule has 1 atom stereocenters. The molecule has 1 aliphatic heterocycles. The third kappa shape index (κ3) is 4.33. The Kier molecular flexibility index (Phi) is 6.53. The lowest BCUT2D eigenvalue weighted by Crippen LogP contribution is -2.33. The number of fused-ring (bicyclic) bond motifs is 1. The number of anilines is 3. The number of aliphatic imine (C=N–C) groups is 1. The Morgan fingerprint density at radius 2 is 1.85 bits per heavy atom. The Bertz CT molecular complexity index is 1390. The summed E-state index contributed by atoms with van der Waals surface area (Å²) in [6, 6.07) is 11.3. The first kappa shape index (κ1) is 23.3. The van der Waals surface area contributed by atoms with Crippen LogP contribution in [0.5, 0.6) is 5.75 Å². The van der Waals surface area contributed by atoms with Gasteiger partial charge in [-0.25, -0.2) is 9.98 Å². The fraction of sp³-hybridized carbons (Fsp3) is 0.0909. The third-order valence-electron chi connectivity index (χ3n) is 5.06. The van der Waals surface area contributed by atoms with Crippen molar-refractivity contribution in [2.24, 2.45) is 4.99 Å². The number of benzene rings is 2. The highest BCUT2D eigenvalue weighted by Gasteiger charge is 2.31. The highest BCUT2D eigenvalue weighted by atomic mass is 35.5. The van der Waals surface area contributed by atoms with E-state index in [2.05, 4.69) is 20.6 Å². The number of nitrogen functional groups attached to an aromatic ring is 2. The summed E-state index contributed by atoms with van der Waals surface area (Å²) >= 11 is 18.9. The molecule has 2 aromatic carbocycles. The first-order valence-corrected chi connectivity index (χ1v) is 10.8. The molecular weight excluding hydrogens is 499 g/mol. The Hall–Kier alpha value is -3.89. The number of halogens is 3. The smallest absolute Gasteiger partial charge is 0.211 e. The van der Waals surface area contributed by atoms with E-state index in [1.807, 2.05) is 6.07 Å². The predicted molar refractivity (Wildman–Crippen MR) is 132 cm³/mol. The van der Waals surface area contributed by atoms with E-state index in [0.717, 1.165) is 0 Å². The highest BCUT2D eigenvalue weighted by molar-refractivity contribution is 6.36. The van der Waals surface area contributed by atoms with Crippen molar-refractivity contribution in [3.05, 3.63) is 73.7 Å². The number of nitrogens with zero attached hydrogens (tertiary/aromatic N) is 4. The van der Waals surface area contributed by atoms with E-state index in [-0.39, 0.29) is 35.5 Å². The molecule has 0 bridgehead atoms. The summed E-state index contributed by atoms with van der Waals surface area (Å²) in [7, 11) is 0. The number of hydrogen-bond acceptors (Lipinski definition) is 9. The molecule has 0 spiro atoms. The van der Waals surface area contributed by atoms with Crippen molar-refractivity contribution in [2.45, 2.75) is 12.6 Å². The average Bonchev–Trinajstić information content (AvgIpc) is 2.79. The Labute approximate surface area is 209 Å². The van der Waals surface area contributed by atoms with Crippen LogP contribution < -0.4 is 26.8 Å². The second-order valence-corrected chi connectivity index (χ2v) is 8.32. The highest BCUT2D eigenvalue weighted by Crippen LogP contribution is 2.44. The number of aromatic nitrogens is 1. The molecule has 0 aliphatic carbocycles. The van der Waals surface area contributed by atoms with Crippen molar-refractivity contribution in [1.29, 1.82) is 10.5 Å². The molecule has 34 heavy (non-hydrogen) atoms. The maximum absolute atomic E-state index is 9.52. The second kappa shape index (κ2) is 9.54. The second-order valence-electron chi connectivity index (χ2n) is 7.07. The maximum Gasteiger partial charge on any atom is 0.211 e. The SMILES string of the molecule is N#CNC1=NC(c2cc(Cl)ccc2OCc2c(Cl)cccc2Cl)c2c(nc(N)c(C#N)c2N)N1. The molecule has 12 heteroatoms. The first-order valence-electron chi connectivity index (χ1n) is 9.68. The van der Waals surface area contributed by atoms with E-state index in [0.29, 0.717) is 37.5 Å². The minimum Gasteiger partial charge on any atom is -0.488 e. The zero-order valence-electron chi connectivity index (χ0n) is 17.2. The van der Waals surface area contributed by atoms with Crippen molar-refractivity contribution < 1.29 is 4.74 Å². The lowest BCUT2D eigenvalue weighted by molar-refractivity contribution is 0.302. The quantitative estimate of drug-likeness (QED) is 0.291. The normalized spacial score (nSPS) is 14.1. The van der Waals surface area contributed by atoms with Gasteiger partial charge in [-0.1, -0.05) is 40.9 Å². The van der Waals surface area contributed by atoms with Crippen molar-refractivity contribution in [1.82, 2.24) is 10.3 Å². The molecule has 0 saturated heterocycles. The van der Waals surface area contributed by atoms with Gasteiger partial charge in [0.25, 0.3) is 0 Å². The molecule has 2 heterocycles. The summed E-state index contributed by atoms with van der Waals surface area (Å²) in [5.74, 6) is 0.704. The van der Waals surface area contributed by atoms with E-state index in [4.69, 9.17) is 56.3 Å². The molecule has 4 rings (SSSR count). The van der Waals surface area contributed by atoms with Gasteiger partial charge in [0.05, 0.1) is 5.69 Å². The number of nitrogens with one attached hydrogen (secondary N) is 2. The summed E-state index contributed by atoms with van der Waals surface area (Å²) < 4.78 is 6.07. The number of pyridine rings is 1. The standard InChI is InChI=1S/C22H15Cl3N8O/c23-10-4-5-16(34-8-13-14(24)2-1-3-15(13)25)11(6-10)19-17-18(28)12(7-26)20(29)32-21(17)33-22(31-19)30-9-27/h1-6,19H,8H2,(H6,28,29,30,31,32,33). The summed E-state index contributed by atoms with van der Waals surface area (Å²) in [5, 5.41) is 25.3. The third-order valence-corrected chi connectivity index (χ3v) is 6.00. The van der Waals surface area contributed by atoms with Crippen LogP contribution in [0, 0.1) is 22.8 Å². The van der Waals surface area contributed by atoms with Gasteiger partial charge in [0, 0.05) is 31.8 Å². The number of hydrogen-bond donors (Lipinski definition) is 4. The Morgan fingerprint density at radius 1 is 1.12 bits per heavy atom. The number of nitrogens with two attached hydrogens (primary N) is 2. The van der Waals surface area contributed by atoms with Gasteiger partial charge in [-0.05, 0) is 30.3 Å². The molecular formula is C22H15Cl3N8O. The maximum atomic E-state index is 9.52. The zero-order chi connectivity index (χ0) is 24.4. The van der Waals surface area contributed by atoms with E-state index < -0.39 is 6.04 Å². The molecule has 0 radical (unpaired) electrons. The predicted octanol–water partition coefficient (Wildman–Crippen LogP) is 4.60. The van der Waals surface area contributed by atoms with Gasteiger partial charge in [-0.15, -0.1) is 0 Å². The average molecular weight is 514 g/mol. The summed E-state index contributed by atoms with van der Waals surface area (Å²) in [6.45, 7) is 0.0664. The molecule has 3 aromatic rings. The summed E-state index contributed by atoms with van der Waals surface area (Å²) in [5.41, 5.74) is 13.8. The van der Waals surface area contributed by atoms with Crippen LogP contribution in [-0.2, 0) is 6.61 Å². The first-order chi connectivity index (χ1) is 16.3. The number of rotatable bonds is 4. The van der Waals surface area contributed by atoms with Gasteiger partial charge in [0.1, 0.15) is 41.7 Å². The molecule has 0 amide bonds. The fourth-order valence-electron chi connectivity index (χ4n) is 3.49. The van der Waals surface area contributed by atoms with Crippen molar-refractivity contribution in [3.8, 4) is 18.0 Å². The Balaban J connectivity index is 1.85. The summed E-state index contributed by atoms with van der Waals surface area (Å²) in [6.07, 6.45) is 1.80. The largest absolute Gasteiger partial charge is 0.488 e. The van der Waals surface area contributed by atoms with Crippen LogP contribution >= 0.6 is 34.8 Å². The van der Waals surface area contributed by atoms with Crippen LogP contribution in [-0.4, -0.2) is 10.9 Å². The van der Waals surface area contributed by atoms with Gasteiger partial charge in [-0.3, -0.25) is 5.32 Å². The van der Waals surface area contributed by atoms with Crippen LogP contribution in [0.4, 0.5) is 17.3 Å². The molecule has 0 saturated carbocycles. The molecule has 1 aliphatic rings. The minimum absolute atomic E-state index is 0.0183. The monoisotopic (exact) mass is 512 g/mol. The van der Waals surface area contributed by atoms with Crippen molar-refractivity contribution in [3.63, 3.8) is 0 Å². The lowest BCUT2D eigenvalue weighted by atomic mass is 9.94. The number of guanidine groups is 1. The fourth-order valence-corrected chi connectivity index (χ4v) is 4.18. The number of ether oxygens (including phenoxy) is 1. The topological polar surface area (TPSA) is 158 Å². The molecule has 9 nitrogen and oxygen atoms in total. The molecule has 170 valence electrons. The molecule has 6 N–H and O–H groups in total. The lowest BCUT2D eigenvalue weighted by Gasteiger charge is -2.27. The van der Waals surface area contributed by atoms with E-state index in [1.165, 1.54) is 0 Å². The zero-order valence-corrected chi connectivity index (χ0v) is 19.5. The van der Waals surface area contributed by atoms with Crippen LogP contribution in [0.15, 0.2) is 41.4 Å². The molecule has 1 unspecified atom stereocenters. The van der Waals surface area contributed by atoms with Crippen LogP contribution in [0.2, 0.25) is 15.1 Å². The van der Waals surface area contributed by atoms with Gasteiger partial charge in [0.15, 0.2) is 6.19 Å². The minimum atomic E-state index is -0.831. The summed E-state index contributed by atoms with van der Waals surface area (Å²) in [4.78, 5) is 8.80. The van der Waals surface area contributed by atoms with E-state index in [1.54, 1.807) is 42.6 Å². The van der Waals surface area contributed by atoms with Gasteiger partial charge in [0.2, 0.25) is 5.96 Å². The van der Waals surface area contributed by atoms with Crippen LogP contribution in [0.25, 0.3) is 0 Å². The molecule has 1 aromatic heterocycles. The van der Waals surface area contributed by atoms with Gasteiger partial charge < -0.3 is 21.5 Å². The van der Waals surface area contributed by atoms with Gasteiger partial charge >= 0.3 is 0 Å². The van der Waals surface area contributed by atoms with Crippen LogP contribution in [0.3, 0.4) is 0 Å².